The van der Waals surface area contributed by atoms with Gasteiger partial charge in [-0.1, -0.05) is 62.4 Å². The Morgan fingerprint density at radius 1 is 1.04 bits per heavy atom. The second-order valence-electron chi connectivity index (χ2n) is 7.46. The van der Waals surface area contributed by atoms with Gasteiger partial charge in [0.1, 0.15) is 6.04 Å². The molecule has 0 spiro atoms. The number of amides is 1. The predicted octanol–water partition coefficient (Wildman–Crippen LogP) is 3.39. The fraction of sp³-hybridized carbons (Fsp3) is 0.304. The van der Waals surface area contributed by atoms with Gasteiger partial charge in [-0.05, 0) is 26.0 Å². The quantitative estimate of drug-likeness (QED) is 0.663. The van der Waals surface area contributed by atoms with Crippen molar-refractivity contribution in [3.05, 3.63) is 77.6 Å². The van der Waals surface area contributed by atoms with Crippen LogP contribution in [0, 0.1) is 19.8 Å². The molecule has 3 aromatic rings. The summed E-state index contributed by atoms with van der Waals surface area (Å²) in [5, 5.41) is 9.77. The van der Waals surface area contributed by atoms with E-state index in [0.29, 0.717) is 12.5 Å². The Morgan fingerprint density at radius 3 is 2.25 bits per heavy atom. The Bertz CT molecular complexity index is 917. The van der Waals surface area contributed by atoms with E-state index in [0.717, 1.165) is 22.8 Å². The molecule has 0 unspecified atom stereocenters. The summed E-state index contributed by atoms with van der Waals surface area (Å²) in [6.07, 6.45) is 0. The molecule has 0 aliphatic carbocycles. The molecule has 0 saturated carbocycles. The molecule has 1 aromatic heterocycles. The lowest BCUT2D eigenvalue weighted by molar-refractivity contribution is -0.692. The first kappa shape index (κ1) is 19.8. The van der Waals surface area contributed by atoms with Gasteiger partial charge in [-0.15, -0.1) is 0 Å². The van der Waals surface area contributed by atoms with Gasteiger partial charge in [0.15, 0.2) is 6.54 Å². The third-order valence-corrected chi connectivity index (χ3v) is 5.02. The minimum absolute atomic E-state index is 0.0135. The minimum atomic E-state index is -0.0135. The average molecular weight is 378 g/mol. The Labute approximate surface area is 166 Å². The van der Waals surface area contributed by atoms with Crippen molar-refractivity contribution >= 4 is 11.6 Å². The highest BCUT2D eigenvalue weighted by Gasteiger charge is 2.21. The zero-order valence-corrected chi connectivity index (χ0v) is 17.0. The molecule has 0 bridgehead atoms. The third kappa shape index (κ3) is 4.49. The Balaban J connectivity index is 1.69. The standard InChI is InChI=1S/C23H28N4O/c1-16(2)22(19-11-7-5-8-12-19)24-15-21(28)25-23-17(3)26-27(18(23)4)20-13-9-6-10-14-20/h5-14,16,22,24H,15H2,1-4H3,(H,25,28)/p+1/t22-/m0/s1. The minimum Gasteiger partial charge on any atom is -0.332 e. The van der Waals surface area contributed by atoms with Gasteiger partial charge in [0.2, 0.25) is 0 Å². The van der Waals surface area contributed by atoms with Gasteiger partial charge < -0.3 is 10.6 Å². The zero-order valence-electron chi connectivity index (χ0n) is 17.0. The van der Waals surface area contributed by atoms with Crippen LogP contribution in [-0.2, 0) is 4.79 Å². The van der Waals surface area contributed by atoms with Crippen molar-refractivity contribution < 1.29 is 10.1 Å². The normalized spacial score (nSPS) is 12.2. The Morgan fingerprint density at radius 2 is 1.64 bits per heavy atom. The molecule has 146 valence electrons. The molecule has 1 heterocycles. The number of hydrogen-bond donors (Lipinski definition) is 2. The van der Waals surface area contributed by atoms with Gasteiger partial charge in [0, 0.05) is 11.5 Å². The number of nitrogens with zero attached hydrogens (tertiary/aromatic N) is 2. The van der Waals surface area contributed by atoms with Crippen molar-refractivity contribution in [1.82, 2.24) is 9.78 Å². The first-order valence-electron chi connectivity index (χ1n) is 9.77. The van der Waals surface area contributed by atoms with Gasteiger partial charge in [0.05, 0.1) is 22.8 Å². The van der Waals surface area contributed by atoms with Crippen molar-refractivity contribution in [3.8, 4) is 5.69 Å². The van der Waals surface area contributed by atoms with Crippen LogP contribution >= 0.6 is 0 Å². The maximum Gasteiger partial charge on any atom is 0.279 e. The second-order valence-corrected chi connectivity index (χ2v) is 7.46. The summed E-state index contributed by atoms with van der Waals surface area (Å²) in [6, 6.07) is 20.6. The van der Waals surface area contributed by atoms with E-state index in [1.807, 2.05) is 67.1 Å². The first-order chi connectivity index (χ1) is 13.5. The van der Waals surface area contributed by atoms with Crippen molar-refractivity contribution in [2.75, 3.05) is 11.9 Å². The molecule has 5 heteroatoms. The summed E-state index contributed by atoms with van der Waals surface area (Å²) in [7, 11) is 0. The van der Waals surface area contributed by atoms with Crippen LogP contribution < -0.4 is 10.6 Å². The lowest BCUT2D eigenvalue weighted by atomic mass is 9.96. The van der Waals surface area contributed by atoms with E-state index in [1.165, 1.54) is 5.56 Å². The molecule has 5 nitrogen and oxygen atoms in total. The number of para-hydroxylation sites is 1. The summed E-state index contributed by atoms with van der Waals surface area (Å²) in [6.45, 7) is 8.64. The van der Waals surface area contributed by atoms with Crippen LogP contribution in [-0.4, -0.2) is 22.2 Å². The van der Waals surface area contributed by atoms with Crippen LogP contribution in [0.15, 0.2) is 60.7 Å². The number of aryl methyl sites for hydroxylation is 1. The van der Waals surface area contributed by atoms with E-state index < -0.39 is 0 Å². The van der Waals surface area contributed by atoms with Crippen LogP contribution in [0.4, 0.5) is 5.69 Å². The number of nitrogens with one attached hydrogen (secondary N) is 1. The van der Waals surface area contributed by atoms with Gasteiger partial charge in [-0.3, -0.25) is 4.79 Å². The summed E-state index contributed by atoms with van der Waals surface area (Å²) in [4.78, 5) is 12.6. The van der Waals surface area contributed by atoms with Crippen LogP contribution in [0.1, 0.15) is 36.8 Å². The van der Waals surface area contributed by atoms with Crippen LogP contribution in [0.2, 0.25) is 0 Å². The monoisotopic (exact) mass is 377 g/mol. The lowest BCUT2D eigenvalue weighted by Gasteiger charge is -2.19. The molecule has 1 amide bonds. The molecule has 3 rings (SSSR count). The van der Waals surface area contributed by atoms with Crippen molar-refractivity contribution in [2.45, 2.75) is 33.7 Å². The number of anilines is 1. The number of aromatic nitrogens is 2. The summed E-state index contributed by atoms with van der Waals surface area (Å²) >= 11 is 0. The number of carbonyl (C=O) groups is 1. The van der Waals surface area contributed by atoms with Crippen LogP contribution in [0.5, 0.6) is 0 Å². The van der Waals surface area contributed by atoms with Gasteiger partial charge in [-0.2, -0.15) is 5.10 Å². The predicted molar refractivity (Wildman–Crippen MR) is 112 cm³/mol. The highest BCUT2D eigenvalue weighted by Crippen LogP contribution is 2.22. The molecule has 28 heavy (non-hydrogen) atoms. The SMILES string of the molecule is Cc1nn(-c2ccccc2)c(C)c1NC(=O)C[NH2+][C@H](c1ccccc1)C(C)C. The molecule has 1 atom stereocenters. The van der Waals surface area contributed by atoms with E-state index in [2.05, 4.69) is 41.7 Å². The van der Waals surface area contributed by atoms with Crippen molar-refractivity contribution in [1.29, 1.82) is 0 Å². The number of quaternary nitrogens is 1. The number of hydrogen-bond acceptors (Lipinski definition) is 2. The van der Waals surface area contributed by atoms with E-state index in [1.54, 1.807) is 0 Å². The van der Waals surface area contributed by atoms with Gasteiger partial charge >= 0.3 is 0 Å². The molecule has 0 saturated heterocycles. The van der Waals surface area contributed by atoms with E-state index in [9.17, 15) is 4.79 Å². The fourth-order valence-electron chi connectivity index (χ4n) is 3.54. The molecular weight excluding hydrogens is 348 g/mol. The number of rotatable bonds is 7. The highest BCUT2D eigenvalue weighted by molar-refractivity contribution is 5.92. The second kappa shape index (κ2) is 8.85. The summed E-state index contributed by atoms with van der Waals surface area (Å²) in [5.41, 5.74) is 4.77. The average Bonchev–Trinajstić information content (AvgIpc) is 2.97. The van der Waals surface area contributed by atoms with Crippen molar-refractivity contribution in [3.63, 3.8) is 0 Å². The molecule has 0 fully saturated rings. The number of benzene rings is 2. The molecule has 0 radical (unpaired) electrons. The van der Waals surface area contributed by atoms with Crippen LogP contribution in [0.25, 0.3) is 5.69 Å². The molecular formula is C23H29N4O+. The zero-order chi connectivity index (χ0) is 20.1. The molecule has 0 aliphatic heterocycles. The van der Waals surface area contributed by atoms with Gasteiger partial charge in [-0.25, -0.2) is 4.68 Å². The number of carbonyl (C=O) groups excluding carboxylic acids is 1. The molecule has 0 aliphatic rings. The maximum absolute atomic E-state index is 12.6. The van der Waals surface area contributed by atoms with E-state index in [4.69, 9.17) is 0 Å². The largest absolute Gasteiger partial charge is 0.332 e. The third-order valence-electron chi connectivity index (χ3n) is 5.02. The Kier molecular flexibility index (Phi) is 6.26. The van der Waals surface area contributed by atoms with Gasteiger partial charge in [0.25, 0.3) is 5.91 Å². The lowest BCUT2D eigenvalue weighted by Crippen LogP contribution is -2.88. The molecule has 2 aromatic carbocycles. The molecule has 3 N–H and O–H groups in total. The van der Waals surface area contributed by atoms with E-state index in [-0.39, 0.29) is 11.9 Å². The Hall–Kier alpha value is -2.92. The summed E-state index contributed by atoms with van der Waals surface area (Å²) < 4.78 is 1.87. The van der Waals surface area contributed by atoms with Crippen LogP contribution in [0.3, 0.4) is 0 Å². The number of nitrogens with two attached hydrogens (primary N) is 1. The maximum atomic E-state index is 12.6. The smallest absolute Gasteiger partial charge is 0.279 e. The van der Waals surface area contributed by atoms with E-state index >= 15 is 0 Å². The fourth-order valence-corrected chi connectivity index (χ4v) is 3.54. The first-order valence-corrected chi connectivity index (χ1v) is 9.77. The summed E-state index contributed by atoms with van der Waals surface area (Å²) in [5.74, 6) is 0.417. The highest BCUT2D eigenvalue weighted by atomic mass is 16.1. The topological polar surface area (TPSA) is 63.5 Å². The van der Waals surface area contributed by atoms with Crippen molar-refractivity contribution in [2.24, 2.45) is 5.92 Å².